The minimum absolute atomic E-state index is 0.403. The number of thiophene rings is 1. The maximum absolute atomic E-state index is 10.9. The Hall–Kier alpha value is -1.36. The van der Waals surface area contributed by atoms with E-state index in [-0.39, 0.29) is 0 Å². The summed E-state index contributed by atoms with van der Waals surface area (Å²) in [5, 5.41) is 14.4. The number of carboxylic acid groups (broad SMARTS) is 1. The Labute approximate surface area is 90.1 Å². The summed E-state index contributed by atoms with van der Waals surface area (Å²) in [4.78, 5) is 12.2. The lowest BCUT2D eigenvalue weighted by atomic mass is 10.2. The van der Waals surface area contributed by atoms with Crippen LogP contribution in [0.3, 0.4) is 0 Å². The monoisotopic (exact) mass is 222 g/mol. The predicted molar refractivity (Wildman–Crippen MR) is 57.5 cm³/mol. The highest BCUT2D eigenvalue weighted by atomic mass is 32.1. The lowest BCUT2D eigenvalue weighted by Crippen LogP contribution is -1.93. The van der Waals surface area contributed by atoms with Crippen molar-refractivity contribution in [1.29, 1.82) is 0 Å². The van der Waals surface area contributed by atoms with E-state index >= 15 is 0 Å². The molecule has 0 saturated heterocycles. The summed E-state index contributed by atoms with van der Waals surface area (Å²) >= 11 is 1.30. The molecule has 3 rings (SSSR count). The predicted octanol–water partition coefficient (Wildman–Crippen LogP) is 2.21. The van der Waals surface area contributed by atoms with Gasteiger partial charge in [-0.25, -0.2) is 4.79 Å². The summed E-state index contributed by atoms with van der Waals surface area (Å²) < 4.78 is 1.79. The number of nitrogens with zero attached hydrogens (tertiary/aromatic N) is 2. The van der Waals surface area contributed by atoms with Crippen LogP contribution in [0.25, 0.3) is 10.2 Å². The van der Waals surface area contributed by atoms with Gasteiger partial charge in [-0.2, -0.15) is 5.10 Å². The van der Waals surface area contributed by atoms with Crippen LogP contribution < -0.4 is 0 Å². The molecule has 2 aromatic rings. The van der Waals surface area contributed by atoms with Gasteiger partial charge in [-0.3, -0.25) is 4.68 Å². The van der Waals surface area contributed by atoms with E-state index in [1.165, 1.54) is 24.2 Å². The number of fused-ring (bicyclic) bond motifs is 1. The maximum Gasteiger partial charge on any atom is 0.345 e. The fourth-order valence-electron chi connectivity index (χ4n) is 1.83. The molecule has 1 N–H and O–H groups in total. The van der Waals surface area contributed by atoms with Gasteiger partial charge in [-0.05, 0) is 18.9 Å². The van der Waals surface area contributed by atoms with Crippen LogP contribution in [-0.4, -0.2) is 20.9 Å². The number of aromatic carboxylic acids is 1. The Morgan fingerprint density at radius 1 is 1.67 bits per heavy atom. The van der Waals surface area contributed by atoms with Crippen molar-refractivity contribution < 1.29 is 9.90 Å². The molecule has 1 saturated carbocycles. The second kappa shape index (κ2) is 2.82. The third kappa shape index (κ3) is 1.26. The topological polar surface area (TPSA) is 55.1 Å². The summed E-state index contributed by atoms with van der Waals surface area (Å²) in [5.41, 5.74) is 1.08. The molecule has 0 aromatic carbocycles. The van der Waals surface area contributed by atoms with E-state index < -0.39 is 5.97 Å². The van der Waals surface area contributed by atoms with Gasteiger partial charge < -0.3 is 5.11 Å². The molecule has 78 valence electrons. The number of hydrogen-bond donors (Lipinski definition) is 1. The number of aryl methyl sites for hydroxylation is 1. The Morgan fingerprint density at radius 3 is 3.00 bits per heavy atom. The van der Waals surface area contributed by atoms with Gasteiger partial charge in [0, 0.05) is 18.4 Å². The molecular formula is C10H10N2O2S. The Balaban J connectivity index is 2.24. The molecular weight excluding hydrogens is 212 g/mol. The molecule has 0 atom stereocenters. The molecule has 1 aliphatic rings. The smallest absolute Gasteiger partial charge is 0.345 e. The van der Waals surface area contributed by atoms with Crippen LogP contribution in [0.4, 0.5) is 0 Å². The van der Waals surface area contributed by atoms with Gasteiger partial charge in [-0.1, -0.05) is 0 Å². The van der Waals surface area contributed by atoms with Gasteiger partial charge >= 0.3 is 5.97 Å². The summed E-state index contributed by atoms with van der Waals surface area (Å²) in [5.74, 6) is -0.289. The first-order valence-corrected chi connectivity index (χ1v) is 5.68. The van der Waals surface area contributed by atoms with Crippen molar-refractivity contribution in [2.75, 3.05) is 0 Å². The van der Waals surface area contributed by atoms with E-state index in [1.807, 2.05) is 7.05 Å². The average Bonchev–Trinajstić information content (AvgIpc) is 2.83. The van der Waals surface area contributed by atoms with Gasteiger partial charge in [0.15, 0.2) is 0 Å². The van der Waals surface area contributed by atoms with Gasteiger partial charge in [0.25, 0.3) is 0 Å². The van der Waals surface area contributed by atoms with E-state index in [9.17, 15) is 4.79 Å². The highest BCUT2D eigenvalue weighted by Crippen LogP contribution is 2.43. The van der Waals surface area contributed by atoms with Crippen molar-refractivity contribution in [2.24, 2.45) is 7.05 Å². The van der Waals surface area contributed by atoms with Gasteiger partial charge in [0.1, 0.15) is 9.71 Å². The Bertz CT molecular complexity index is 551. The first-order chi connectivity index (χ1) is 7.16. The molecule has 2 heterocycles. The number of carbonyl (C=O) groups is 1. The molecule has 0 unspecified atom stereocenters. The van der Waals surface area contributed by atoms with Crippen molar-refractivity contribution >= 4 is 27.5 Å². The third-order valence-corrected chi connectivity index (χ3v) is 3.90. The molecule has 0 radical (unpaired) electrons. The normalized spacial score (nSPS) is 16.1. The zero-order valence-corrected chi connectivity index (χ0v) is 9.04. The van der Waals surface area contributed by atoms with Crippen LogP contribution in [-0.2, 0) is 7.05 Å². The van der Waals surface area contributed by atoms with Crippen LogP contribution in [0.5, 0.6) is 0 Å². The largest absolute Gasteiger partial charge is 0.477 e. The number of carboxylic acids is 1. The van der Waals surface area contributed by atoms with Crippen molar-refractivity contribution in [3.05, 3.63) is 16.6 Å². The lowest BCUT2D eigenvalue weighted by Gasteiger charge is -1.90. The molecule has 0 spiro atoms. The Kier molecular flexibility index (Phi) is 1.68. The average molecular weight is 222 g/mol. The third-order valence-electron chi connectivity index (χ3n) is 2.71. The fraction of sp³-hybridized carbons (Fsp3) is 0.400. The Morgan fingerprint density at radius 2 is 2.40 bits per heavy atom. The second-order valence-electron chi connectivity index (χ2n) is 3.92. The van der Waals surface area contributed by atoms with Crippen LogP contribution in [0, 0.1) is 0 Å². The number of hydrogen-bond acceptors (Lipinski definition) is 3. The van der Waals surface area contributed by atoms with Crippen molar-refractivity contribution in [2.45, 2.75) is 18.8 Å². The highest BCUT2D eigenvalue weighted by molar-refractivity contribution is 7.20. The summed E-state index contributed by atoms with van der Waals surface area (Å²) in [6.45, 7) is 0. The molecule has 15 heavy (non-hydrogen) atoms. The van der Waals surface area contributed by atoms with Gasteiger partial charge in [0.2, 0.25) is 0 Å². The number of rotatable bonds is 2. The van der Waals surface area contributed by atoms with Crippen molar-refractivity contribution in [1.82, 2.24) is 9.78 Å². The molecule has 4 nitrogen and oxygen atoms in total. The highest BCUT2D eigenvalue weighted by Gasteiger charge is 2.29. The lowest BCUT2D eigenvalue weighted by molar-refractivity contribution is 0.0702. The van der Waals surface area contributed by atoms with Gasteiger partial charge in [0.05, 0.1) is 5.69 Å². The summed E-state index contributed by atoms with van der Waals surface area (Å²) in [6, 6.07) is 1.75. The SMILES string of the molecule is Cn1nc(C2CC2)c2cc(C(=O)O)sc21. The van der Waals surface area contributed by atoms with E-state index in [0.717, 1.165) is 15.9 Å². The van der Waals surface area contributed by atoms with Crippen molar-refractivity contribution in [3.8, 4) is 0 Å². The summed E-state index contributed by atoms with van der Waals surface area (Å²) in [7, 11) is 1.87. The standard InChI is InChI=1S/C10H10N2O2S/c1-12-9-6(4-7(15-9)10(13)14)8(11-12)5-2-3-5/h4-5H,2-3H2,1H3,(H,13,14). The molecule has 1 aliphatic carbocycles. The molecule has 0 bridgehead atoms. The molecule has 2 aromatic heterocycles. The molecule has 1 fully saturated rings. The number of aromatic nitrogens is 2. The quantitative estimate of drug-likeness (QED) is 0.847. The van der Waals surface area contributed by atoms with Crippen LogP contribution in [0.15, 0.2) is 6.07 Å². The summed E-state index contributed by atoms with van der Waals surface area (Å²) in [6.07, 6.45) is 2.37. The molecule has 0 amide bonds. The van der Waals surface area contributed by atoms with Crippen LogP contribution in [0.1, 0.15) is 34.1 Å². The van der Waals surface area contributed by atoms with Crippen LogP contribution in [0.2, 0.25) is 0 Å². The zero-order chi connectivity index (χ0) is 10.6. The minimum Gasteiger partial charge on any atom is -0.477 e. The fourth-order valence-corrected chi connectivity index (χ4v) is 2.75. The van der Waals surface area contributed by atoms with Gasteiger partial charge in [-0.15, -0.1) is 11.3 Å². The maximum atomic E-state index is 10.9. The second-order valence-corrected chi connectivity index (χ2v) is 4.95. The van der Waals surface area contributed by atoms with Crippen molar-refractivity contribution in [3.63, 3.8) is 0 Å². The zero-order valence-electron chi connectivity index (χ0n) is 8.23. The molecule has 5 heteroatoms. The first kappa shape index (κ1) is 8.91. The minimum atomic E-state index is -0.849. The van der Waals surface area contributed by atoms with E-state index in [4.69, 9.17) is 5.11 Å². The van der Waals surface area contributed by atoms with E-state index in [1.54, 1.807) is 10.7 Å². The molecule has 0 aliphatic heterocycles. The van der Waals surface area contributed by atoms with Crippen LogP contribution >= 0.6 is 11.3 Å². The van der Waals surface area contributed by atoms with E-state index in [0.29, 0.717) is 10.8 Å². The first-order valence-electron chi connectivity index (χ1n) is 4.86. The van der Waals surface area contributed by atoms with E-state index in [2.05, 4.69) is 5.10 Å².